The molecule has 2 heterocycles. The molecule has 1 atom stereocenters. The Morgan fingerprint density at radius 2 is 1.95 bits per heavy atom. The monoisotopic (exact) mass is 316 g/mol. The lowest BCUT2D eigenvalue weighted by atomic mass is 9.75. The molecule has 1 saturated carbocycles. The highest BCUT2D eigenvalue weighted by molar-refractivity contribution is 5.86. The molecule has 7 heteroatoms. The highest BCUT2D eigenvalue weighted by Gasteiger charge is 2.57. The van der Waals surface area contributed by atoms with Gasteiger partial charge in [0, 0.05) is 26.6 Å². The summed E-state index contributed by atoms with van der Waals surface area (Å²) in [6, 6.07) is 0. The standard InChI is InChI=1S/C15H22F2N2O3/c1-18-6-5-13(12(18)21)8-15(16,17)10-19(9-13)11(20)7-14(22)3-2-4-14/h22H,2-10H2,1H3/t13-/m1/s1. The largest absolute Gasteiger partial charge is 0.389 e. The van der Waals surface area contributed by atoms with Crippen molar-refractivity contribution >= 4 is 11.8 Å². The van der Waals surface area contributed by atoms with Gasteiger partial charge >= 0.3 is 0 Å². The predicted molar refractivity (Wildman–Crippen MR) is 74.2 cm³/mol. The first-order chi connectivity index (χ1) is 10.1. The molecule has 124 valence electrons. The molecule has 1 N–H and O–H groups in total. The van der Waals surface area contributed by atoms with Crippen molar-refractivity contribution in [2.24, 2.45) is 5.41 Å². The third-order valence-corrected chi connectivity index (χ3v) is 5.36. The molecule has 3 rings (SSSR count). The summed E-state index contributed by atoms with van der Waals surface area (Å²) in [7, 11) is 1.60. The van der Waals surface area contributed by atoms with Gasteiger partial charge < -0.3 is 14.9 Å². The van der Waals surface area contributed by atoms with Gasteiger partial charge in [0.05, 0.1) is 24.0 Å². The molecule has 22 heavy (non-hydrogen) atoms. The molecule has 2 aliphatic heterocycles. The molecule has 0 unspecified atom stereocenters. The van der Waals surface area contributed by atoms with Gasteiger partial charge in [-0.2, -0.15) is 0 Å². The fourth-order valence-electron chi connectivity index (χ4n) is 3.94. The van der Waals surface area contributed by atoms with Crippen molar-refractivity contribution in [3.63, 3.8) is 0 Å². The minimum atomic E-state index is -3.06. The summed E-state index contributed by atoms with van der Waals surface area (Å²) in [5.74, 6) is -3.83. The van der Waals surface area contributed by atoms with Crippen molar-refractivity contribution in [1.29, 1.82) is 0 Å². The van der Waals surface area contributed by atoms with Crippen LogP contribution < -0.4 is 0 Å². The molecule has 3 fully saturated rings. The van der Waals surface area contributed by atoms with Crippen molar-refractivity contribution in [3.05, 3.63) is 0 Å². The SMILES string of the molecule is CN1CC[C@@]2(CN(C(=O)CC3(O)CCC3)CC(F)(F)C2)C1=O. The summed E-state index contributed by atoms with van der Waals surface area (Å²) in [6.45, 7) is -0.164. The summed E-state index contributed by atoms with van der Waals surface area (Å²) < 4.78 is 28.2. The maximum Gasteiger partial charge on any atom is 0.266 e. The number of nitrogens with zero attached hydrogens (tertiary/aromatic N) is 2. The zero-order valence-electron chi connectivity index (χ0n) is 12.8. The Labute approximate surface area is 128 Å². The number of hydrogen-bond donors (Lipinski definition) is 1. The molecular weight excluding hydrogens is 294 g/mol. The highest BCUT2D eigenvalue weighted by Crippen LogP contribution is 2.46. The van der Waals surface area contributed by atoms with Crippen molar-refractivity contribution in [1.82, 2.24) is 9.80 Å². The van der Waals surface area contributed by atoms with E-state index in [0.717, 1.165) is 11.3 Å². The number of carbonyl (C=O) groups is 2. The van der Waals surface area contributed by atoms with Crippen molar-refractivity contribution in [2.75, 3.05) is 26.7 Å². The Bertz CT molecular complexity index is 507. The fraction of sp³-hybridized carbons (Fsp3) is 0.867. The predicted octanol–water partition coefficient (Wildman–Crippen LogP) is 1.01. The third kappa shape index (κ3) is 2.59. The van der Waals surface area contributed by atoms with Gasteiger partial charge in [0.2, 0.25) is 11.8 Å². The van der Waals surface area contributed by atoms with Gasteiger partial charge in [-0.3, -0.25) is 9.59 Å². The van der Waals surface area contributed by atoms with Crippen LogP contribution in [-0.4, -0.2) is 64.9 Å². The highest BCUT2D eigenvalue weighted by atomic mass is 19.3. The van der Waals surface area contributed by atoms with Gasteiger partial charge in [0.25, 0.3) is 5.92 Å². The summed E-state index contributed by atoms with van der Waals surface area (Å²) in [5, 5.41) is 10.1. The van der Waals surface area contributed by atoms with Crippen LogP contribution in [0.4, 0.5) is 8.78 Å². The summed E-state index contributed by atoms with van der Waals surface area (Å²) in [6.07, 6.45) is 1.67. The molecule has 2 saturated heterocycles. The zero-order chi connectivity index (χ0) is 16.2. The molecule has 0 aromatic rings. The second-order valence-corrected chi connectivity index (χ2v) is 7.29. The molecule has 0 radical (unpaired) electrons. The van der Waals surface area contributed by atoms with Gasteiger partial charge in [-0.05, 0) is 25.7 Å². The Morgan fingerprint density at radius 3 is 2.45 bits per heavy atom. The first-order valence-corrected chi connectivity index (χ1v) is 7.78. The van der Waals surface area contributed by atoms with E-state index in [4.69, 9.17) is 0 Å². The van der Waals surface area contributed by atoms with Crippen molar-refractivity contribution < 1.29 is 23.5 Å². The Balaban J connectivity index is 1.77. The molecule has 0 aromatic heterocycles. The van der Waals surface area contributed by atoms with Crippen LogP contribution in [0.5, 0.6) is 0 Å². The average Bonchev–Trinajstić information content (AvgIpc) is 2.63. The number of carbonyl (C=O) groups excluding carboxylic acids is 2. The summed E-state index contributed by atoms with van der Waals surface area (Å²) in [4.78, 5) is 27.2. The molecule has 2 amide bonds. The molecule has 0 aromatic carbocycles. The molecule has 0 bridgehead atoms. The van der Waals surface area contributed by atoms with Crippen LogP contribution in [0.1, 0.15) is 38.5 Å². The van der Waals surface area contributed by atoms with Crippen molar-refractivity contribution in [3.8, 4) is 0 Å². The van der Waals surface area contributed by atoms with Crippen LogP contribution in [0.25, 0.3) is 0 Å². The van der Waals surface area contributed by atoms with Gasteiger partial charge in [0.15, 0.2) is 0 Å². The Hall–Kier alpha value is -1.24. The number of halogens is 2. The average molecular weight is 316 g/mol. The first kappa shape index (κ1) is 15.6. The molecule has 1 spiro atoms. The zero-order valence-corrected chi connectivity index (χ0v) is 12.8. The minimum absolute atomic E-state index is 0.0423. The number of rotatable bonds is 2. The van der Waals surface area contributed by atoms with Gasteiger partial charge in [-0.25, -0.2) is 8.78 Å². The number of alkyl halides is 2. The van der Waals surface area contributed by atoms with Crippen LogP contribution in [0, 0.1) is 5.41 Å². The van der Waals surface area contributed by atoms with E-state index in [2.05, 4.69) is 0 Å². The summed E-state index contributed by atoms with van der Waals surface area (Å²) in [5.41, 5.74) is -2.19. The van der Waals surface area contributed by atoms with Gasteiger partial charge in [0.1, 0.15) is 0 Å². The number of likely N-dealkylation sites (tertiary alicyclic amines) is 2. The quantitative estimate of drug-likeness (QED) is 0.827. The second-order valence-electron chi connectivity index (χ2n) is 7.29. The van der Waals surface area contributed by atoms with E-state index < -0.39 is 35.8 Å². The maximum atomic E-state index is 14.1. The van der Waals surface area contributed by atoms with Gasteiger partial charge in [-0.1, -0.05) is 0 Å². The van der Waals surface area contributed by atoms with Gasteiger partial charge in [-0.15, -0.1) is 0 Å². The fourth-order valence-corrected chi connectivity index (χ4v) is 3.94. The lowest BCUT2D eigenvalue weighted by Gasteiger charge is -2.44. The van der Waals surface area contributed by atoms with Crippen LogP contribution in [0.15, 0.2) is 0 Å². The van der Waals surface area contributed by atoms with E-state index in [9.17, 15) is 23.5 Å². The molecular formula is C15H22F2N2O3. The lowest BCUT2D eigenvalue weighted by molar-refractivity contribution is -0.166. The normalized spacial score (nSPS) is 33.2. The Morgan fingerprint density at radius 1 is 1.27 bits per heavy atom. The smallest absolute Gasteiger partial charge is 0.266 e. The lowest BCUT2D eigenvalue weighted by Crippen LogP contribution is -2.58. The van der Waals surface area contributed by atoms with Crippen LogP contribution in [0.3, 0.4) is 0 Å². The number of amides is 2. The van der Waals surface area contributed by atoms with E-state index in [1.807, 2.05) is 0 Å². The van der Waals surface area contributed by atoms with E-state index in [0.29, 0.717) is 25.8 Å². The number of piperidine rings is 1. The van der Waals surface area contributed by atoms with Crippen molar-refractivity contribution in [2.45, 2.75) is 50.0 Å². The van der Waals surface area contributed by atoms with E-state index in [-0.39, 0.29) is 18.9 Å². The molecule has 5 nitrogen and oxygen atoms in total. The number of aliphatic hydroxyl groups is 1. The maximum absolute atomic E-state index is 14.1. The van der Waals surface area contributed by atoms with Crippen LogP contribution in [0.2, 0.25) is 0 Å². The second kappa shape index (κ2) is 4.88. The van der Waals surface area contributed by atoms with Crippen LogP contribution in [-0.2, 0) is 9.59 Å². The molecule has 3 aliphatic rings. The third-order valence-electron chi connectivity index (χ3n) is 5.36. The topological polar surface area (TPSA) is 60.9 Å². The van der Waals surface area contributed by atoms with E-state index in [1.165, 1.54) is 4.90 Å². The van der Waals surface area contributed by atoms with E-state index in [1.54, 1.807) is 7.05 Å². The van der Waals surface area contributed by atoms with E-state index >= 15 is 0 Å². The summed E-state index contributed by atoms with van der Waals surface area (Å²) >= 11 is 0. The Kier molecular flexibility index (Phi) is 3.47. The minimum Gasteiger partial charge on any atom is -0.389 e. The first-order valence-electron chi connectivity index (χ1n) is 7.78. The molecule has 1 aliphatic carbocycles. The number of hydrogen-bond acceptors (Lipinski definition) is 3. The van der Waals surface area contributed by atoms with Crippen LogP contribution >= 0.6 is 0 Å².